The molecular weight excluding hydrogens is 347 g/mol. The lowest BCUT2D eigenvalue weighted by atomic mass is 10.0. The van der Waals surface area contributed by atoms with E-state index >= 15 is 0 Å². The smallest absolute Gasteiger partial charge is 0.153 e. The minimum Gasteiger partial charge on any atom is -0.295 e. The molecule has 4 rings (SSSR count). The Morgan fingerprint density at radius 1 is 0.741 bits per heavy atom. The zero-order chi connectivity index (χ0) is 18.7. The Morgan fingerprint density at radius 3 is 1.81 bits per heavy atom. The molecule has 132 valence electrons. The maximum atomic E-state index is 12.3. The molecule has 0 bridgehead atoms. The van der Waals surface area contributed by atoms with Gasteiger partial charge in [-0.1, -0.05) is 103 Å². The van der Waals surface area contributed by atoms with E-state index in [4.69, 9.17) is 0 Å². The van der Waals surface area contributed by atoms with Gasteiger partial charge >= 0.3 is 0 Å². The number of ketones is 1. The summed E-state index contributed by atoms with van der Waals surface area (Å²) in [5, 5.41) is 2.47. The average molecular weight is 368 g/mol. The number of carbonyl (C=O) groups excluding carboxylic acids is 1. The quantitative estimate of drug-likeness (QED) is 0.531. The lowest BCUT2D eigenvalue weighted by Gasteiger charge is -2.25. The minimum absolute atomic E-state index is 0.111. The number of Topliss-reactive ketones (excluding diaryl/α,β-unsaturated/α-hetero) is 1. The summed E-state index contributed by atoms with van der Waals surface area (Å²) in [5.41, 5.74) is 3.56. The van der Waals surface area contributed by atoms with E-state index in [9.17, 15) is 4.79 Å². The van der Waals surface area contributed by atoms with Crippen LogP contribution in [0.2, 0.25) is 0 Å². The number of hydrogen-bond donors (Lipinski definition) is 0. The van der Waals surface area contributed by atoms with Gasteiger partial charge in [-0.15, -0.1) is 0 Å². The molecule has 1 nitrogen and oxygen atoms in total. The van der Waals surface area contributed by atoms with Crippen molar-refractivity contribution >= 4 is 34.7 Å². The molecule has 0 spiro atoms. The molecular formula is C25H21OP. The molecule has 1 aliphatic heterocycles. The van der Waals surface area contributed by atoms with Crippen LogP contribution < -0.4 is 5.30 Å². The van der Waals surface area contributed by atoms with E-state index < -0.39 is 6.89 Å². The molecule has 0 amide bonds. The first-order chi connectivity index (χ1) is 13.2. The van der Waals surface area contributed by atoms with E-state index in [-0.39, 0.29) is 5.78 Å². The third kappa shape index (κ3) is 3.27. The first-order valence-electron chi connectivity index (χ1n) is 9.06. The highest BCUT2D eigenvalue weighted by Crippen LogP contribution is 2.66. The molecule has 0 fully saturated rings. The molecule has 3 aromatic carbocycles. The van der Waals surface area contributed by atoms with Gasteiger partial charge in [0.05, 0.1) is 0 Å². The fourth-order valence-electron chi connectivity index (χ4n) is 3.72. The van der Waals surface area contributed by atoms with E-state index in [0.717, 1.165) is 0 Å². The molecule has 1 aliphatic rings. The van der Waals surface area contributed by atoms with Crippen LogP contribution in [0.15, 0.2) is 103 Å². The highest BCUT2D eigenvalue weighted by molar-refractivity contribution is 7.94. The highest BCUT2D eigenvalue weighted by Gasteiger charge is 2.31. The molecule has 1 heterocycles. The molecule has 1 atom stereocenters. The molecule has 0 saturated carbocycles. The van der Waals surface area contributed by atoms with Crippen molar-refractivity contribution in [3.8, 4) is 0 Å². The second-order valence-electron chi connectivity index (χ2n) is 6.66. The van der Waals surface area contributed by atoms with Crippen LogP contribution in [0.3, 0.4) is 0 Å². The maximum Gasteiger partial charge on any atom is 0.153 e. The molecule has 2 heteroatoms. The van der Waals surface area contributed by atoms with Crippen molar-refractivity contribution in [1.29, 1.82) is 0 Å². The Balaban J connectivity index is 2.09. The molecule has 0 aromatic heterocycles. The van der Waals surface area contributed by atoms with Gasteiger partial charge in [0.1, 0.15) is 0 Å². The third-order valence-corrected chi connectivity index (χ3v) is 8.58. The summed E-state index contributed by atoms with van der Waals surface area (Å²) in [4.78, 5) is 12.3. The van der Waals surface area contributed by atoms with E-state index in [1.54, 1.807) is 6.92 Å². The van der Waals surface area contributed by atoms with Crippen LogP contribution in [0.25, 0.3) is 10.9 Å². The molecule has 1 unspecified atom stereocenters. The topological polar surface area (TPSA) is 17.1 Å². The monoisotopic (exact) mass is 368 g/mol. The van der Waals surface area contributed by atoms with Gasteiger partial charge in [-0.3, -0.25) is 4.79 Å². The summed E-state index contributed by atoms with van der Waals surface area (Å²) in [6.07, 6.45) is 2.21. The number of benzene rings is 3. The largest absolute Gasteiger partial charge is 0.295 e. The Kier molecular flexibility index (Phi) is 4.79. The van der Waals surface area contributed by atoms with Crippen LogP contribution in [-0.2, 0) is 4.79 Å². The van der Waals surface area contributed by atoms with Crippen molar-refractivity contribution in [2.75, 3.05) is 0 Å². The van der Waals surface area contributed by atoms with Gasteiger partial charge in [0.2, 0.25) is 0 Å². The number of carbonyl (C=O) groups is 1. The van der Waals surface area contributed by atoms with Crippen LogP contribution in [0, 0.1) is 0 Å². The van der Waals surface area contributed by atoms with Crippen molar-refractivity contribution in [2.45, 2.75) is 6.92 Å². The highest BCUT2D eigenvalue weighted by atomic mass is 31.2. The van der Waals surface area contributed by atoms with E-state index in [1.165, 1.54) is 27.3 Å². The number of allylic oxidation sites excluding steroid dienone is 2. The van der Waals surface area contributed by atoms with Crippen LogP contribution in [0.4, 0.5) is 0 Å². The lowest BCUT2D eigenvalue weighted by Crippen LogP contribution is -2.08. The van der Waals surface area contributed by atoms with Gasteiger partial charge in [0.25, 0.3) is 0 Å². The molecule has 0 aliphatic carbocycles. The van der Waals surface area contributed by atoms with Gasteiger partial charge in [-0.25, -0.2) is 0 Å². The number of hydrogen-bond acceptors (Lipinski definition) is 1. The average Bonchev–Trinajstić information content (AvgIpc) is 3.09. The SMILES string of the molecule is CC(=O)C=P1(c2ccccc2)C=CC(c2ccccc2)=C1c1ccccc1. The molecule has 27 heavy (non-hydrogen) atoms. The maximum absolute atomic E-state index is 12.3. The summed E-state index contributed by atoms with van der Waals surface area (Å²) in [7, 11) is 0. The van der Waals surface area contributed by atoms with Gasteiger partial charge in [0, 0.05) is 0 Å². The Labute approximate surface area is 160 Å². The lowest BCUT2D eigenvalue weighted by molar-refractivity contribution is -0.110. The van der Waals surface area contributed by atoms with Crippen LogP contribution in [0.5, 0.6) is 0 Å². The second-order valence-corrected chi connectivity index (χ2v) is 9.74. The zero-order valence-electron chi connectivity index (χ0n) is 15.2. The van der Waals surface area contributed by atoms with Gasteiger partial charge < -0.3 is 0 Å². The fourth-order valence-corrected chi connectivity index (χ4v) is 7.46. The first kappa shape index (κ1) is 17.5. The molecule has 0 N–H and O–H groups in total. The van der Waals surface area contributed by atoms with Crippen LogP contribution >= 0.6 is 6.89 Å². The number of rotatable bonds is 4. The van der Waals surface area contributed by atoms with E-state index in [0.29, 0.717) is 0 Å². The predicted molar refractivity (Wildman–Crippen MR) is 119 cm³/mol. The van der Waals surface area contributed by atoms with Crippen LogP contribution in [-0.4, -0.2) is 11.6 Å². The second kappa shape index (κ2) is 7.39. The summed E-state index contributed by atoms with van der Waals surface area (Å²) in [5.74, 6) is 4.34. The molecule has 3 aromatic rings. The van der Waals surface area contributed by atoms with Crippen molar-refractivity contribution in [2.24, 2.45) is 0 Å². The minimum atomic E-state index is -2.08. The first-order valence-corrected chi connectivity index (χ1v) is 11.0. The van der Waals surface area contributed by atoms with Gasteiger partial charge in [0.15, 0.2) is 5.78 Å². The van der Waals surface area contributed by atoms with Crippen molar-refractivity contribution in [3.05, 3.63) is 114 Å². The fraction of sp³-hybridized carbons (Fsp3) is 0.0400. The summed E-state index contributed by atoms with van der Waals surface area (Å²) < 4.78 is 0. The van der Waals surface area contributed by atoms with Crippen LogP contribution in [0.1, 0.15) is 18.1 Å². The molecule has 0 saturated heterocycles. The van der Waals surface area contributed by atoms with E-state index in [2.05, 4.69) is 84.7 Å². The zero-order valence-corrected chi connectivity index (χ0v) is 16.1. The Morgan fingerprint density at radius 2 is 1.26 bits per heavy atom. The Hall–Kier alpha value is -2.89. The standard InChI is InChI=1S/C25H21OP/c1-20(26)19-27(23-15-9-4-10-16-23)18-17-24(21-11-5-2-6-12-21)25(27)22-13-7-3-8-14-22/h2-19H,1H3. The van der Waals surface area contributed by atoms with E-state index in [1.807, 2.05) is 24.0 Å². The third-order valence-electron chi connectivity index (χ3n) is 4.80. The van der Waals surface area contributed by atoms with Gasteiger partial charge in [-0.2, -0.15) is 0 Å². The summed E-state index contributed by atoms with van der Waals surface area (Å²) in [6, 6.07) is 31.3. The predicted octanol–water partition coefficient (Wildman–Crippen LogP) is 5.82. The van der Waals surface area contributed by atoms with Crippen molar-refractivity contribution < 1.29 is 4.79 Å². The van der Waals surface area contributed by atoms with Crippen molar-refractivity contribution in [3.63, 3.8) is 0 Å². The van der Waals surface area contributed by atoms with Gasteiger partial charge in [-0.05, 0) is 46.9 Å². The summed E-state index contributed by atoms with van der Waals surface area (Å²) in [6.45, 7) is -0.430. The summed E-state index contributed by atoms with van der Waals surface area (Å²) >= 11 is 0. The Bertz CT molecular complexity index is 1070. The van der Waals surface area contributed by atoms with Crippen molar-refractivity contribution in [1.82, 2.24) is 0 Å². The normalized spacial score (nSPS) is 18.6. The molecule has 0 radical (unpaired) electrons.